The zero-order valence-corrected chi connectivity index (χ0v) is 20.0. The Balaban J connectivity index is 1.77. The molecule has 0 atom stereocenters. The largest absolute Gasteiger partial charge is 0.490 e. The second-order valence-corrected chi connectivity index (χ2v) is 8.33. The van der Waals surface area contributed by atoms with Crippen molar-refractivity contribution < 1.29 is 23.8 Å². The number of halogens is 4. The van der Waals surface area contributed by atoms with Gasteiger partial charge in [-0.1, -0.05) is 45.2 Å². The molecule has 3 aromatic rings. The van der Waals surface area contributed by atoms with Crippen LogP contribution in [-0.4, -0.2) is 17.7 Å². The number of carbonyl (C=O) groups is 1. The molecule has 0 saturated heterocycles. The van der Waals surface area contributed by atoms with E-state index in [0.717, 1.165) is 10.0 Å². The molecule has 0 amide bonds. The highest BCUT2D eigenvalue weighted by Gasteiger charge is 2.14. The third-order valence-corrected chi connectivity index (χ3v) is 5.93. The molecule has 0 spiro atoms. The molecule has 32 heavy (non-hydrogen) atoms. The maximum atomic E-state index is 14.0. The normalized spacial score (nSPS) is 10.7. The van der Waals surface area contributed by atoms with Gasteiger partial charge < -0.3 is 19.9 Å². The fourth-order valence-electron chi connectivity index (χ4n) is 2.91. The topological polar surface area (TPSA) is 67.8 Å². The van der Waals surface area contributed by atoms with Crippen molar-refractivity contribution in [3.05, 3.63) is 85.6 Å². The van der Waals surface area contributed by atoms with Crippen LogP contribution >= 0.6 is 39.1 Å². The van der Waals surface area contributed by atoms with Gasteiger partial charge in [0.05, 0.1) is 22.2 Å². The first-order valence-electron chi connectivity index (χ1n) is 9.57. The van der Waals surface area contributed by atoms with Gasteiger partial charge in [-0.2, -0.15) is 0 Å². The standard InChI is InChI=1S/C23H19BrCl2FNO4/c1-2-31-21-8-13(11-28-14-6-7-15(23(29)30)19(26)9-14)17(24)10-22(21)32-12-16-18(25)4-3-5-20(16)27/h3-10,28H,2,11-12H2,1H3,(H,29,30). The van der Waals surface area contributed by atoms with E-state index in [1.54, 1.807) is 24.3 Å². The average molecular weight is 543 g/mol. The van der Waals surface area contributed by atoms with Crippen molar-refractivity contribution in [2.45, 2.75) is 20.1 Å². The van der Waals surface area contributed by atoms with Crippen LogP contribution in [0.1, 0.15) is 28.4 Å². The summed E-state index contributed by atoms with van der Waals surface area (Å²) in [6, 6.07) is 12.7. The lowest BCUT2D eigenvalue weighted by Crippen LogP contribution is -2.05. The predicted molar refractivity (Wildman–Crippen MR) is 127 cm³/mol. The fourth-order valence-corrected chi connectivity index (χ4v) is 3.85. The van der Waals surface area contributed by atoms with E-state index in [-0.39, 0.29) is 27.8 Å². The molecule has 0 saturated carbocycles. The number of hydrogen-bond acceptors (Lipinski definition) is 4. The molecule has 168 valence electrons. The highest BCUT2D eigenvalue weighted by atomic mass is 79.9. The number of carboxylic acid groups (broad SMARTS) is 1. The summed E-state index contributed by atoms with van der Waals surface area (Å²) in [6.45, 7) is 2.62. The minimum absolute atomic E-state index is 0.0356. The van der Waals surface area contributed by atoms with Gasteiger partial charge in [0, 0.05) is 22.3 Å². The summed E-state index contributed by atoms with van der Waals surface area (Å²) >= 11 is 15.6. The van der Waals surface area contributed by atoms with Gasteiger partial charge >= 0.3 is 5.97 Å². The second-order valence-electron chi connectivity index (χ2n) is 6.67. The highest BCUT2D eigenvalue weighted by Crippen LogP contribution is 2.35. The Hall–Kier alpha value is -2.48. The first-order chi connectivity index (χ1) is 15.3. The summed E-state index contributed by atoms with van der Waals surface area (Å²) in [6.07, 6.45) is 0. The lowest BCUT2D eigenvalue weighted by molar-refractivity contribution is 0.0697. The van der Waals surface area contributed by atoms with Gasteiger partial charge in [0.2, 0.25) is 0 Å². The molecule has 0 heterocycles. The van der Waals surface area contributed by atoms with E-state index >= 15 is 0 Å². The van der Waals surface area contributed by atoms with Gasteiger partial charge in [-0.05, 0) is 55.0 Å². The SMILES string of the molecule is CCOc1cc(CNc2ccc(C(=O)O)c(Cl)c2)c(Br)cc1OCc1c(F)cccc1Cl. The fraction of sp³-hybridized carbons (Fsp3) is 0.174. The minimum Gasteiger partial charge on any atom is -0.490 e. The van der Waals surface area contributed by atoms with Crippen molar-refractivity contribution in [3.8, 4) is 11.5 Å². The Kier molecular flexibility index (Phi) is 8.23. The Labute approximate surface area is 203 Å². The van der Waals surface area contributed by atoms with E-state index in [0.29, 0.717) is 30.3 Å². The Morgan fingerprint density at radius 1 is 1.09 bits per heavy atom. The Morgan fingerprint density at radius 3 is 2.50 bits per heavy atom. The number of rotatable bonds is 9. The molecule has 2 N–H and O–H groups in total. The molecule has 0 aliphatic carbocycles. The van der Waals surface area contributed by atoms with Gasteiger partial charge in [-0.15, -0.1) is 0 Å². The molecule has 3 rings (SSSR count). The van der Waals surface area contributed by atoms with Crippen LogP contribution in [-0.2, 0) is 13.2 Å². The number of anilines is 1. The number of benzene rings is 3. The number of ether oxygens (including phenoxy) is 2. The number of carboxylic acids is 1. The van der Waals surface area contributed by atoms with Gasteiger partial charge in [0.15, 0.2) is 11.5 Å². The van der Waals surface area contributed by atoms with Crippen molar-refractivity contribution in [1.29, 1.82) is 0 Å². The van der Waals surface area contributed by atoms with Crippen LogP contribution in [0.3, 0.4) is 0 Å². The monoisotopic (exact) mass is 541 g/mol. The summed E-state index contributed by atoms with van der Waals surface area (Å²) in [7, 11) is 0. The molecule has 9 heteroatoms. The first-order valence-corrected chi connectivity index (χ1v) is 11.1. The van der Waals surface area contributed by atoms with Gasteiger partial charge in [0.1, 0.15) is 12.4 Å². The van der Waals surface area contributed by atoms with E-state index in [2.05, 4.69) is 21.2 Å². The molecule has 5 nitrogen and oxygen atoms in total. The maximum absolute atomic E-state index is 14.0. The molecular formula is C23H19BrCl2FNO4. The third-order valence-electron chi connectivity index (χ3n) is 4.53. The van der Waals surface area contributed by atoms with E-state index in [1.165, 1.54) is 18.2 Å². The van der Waals surface area contributed by atoms with Crippen LogP contribution in [0.5, 0.6) is 11.5 Å². The summed E-state index contributed by atoms with van der Waals surface area (Å²) < 4.78 is 26.3. The Morgan fingerprint density at radius 2 is 1.84 bits per heavy atom. The van der Waals surface area contributed by atoms with E-state index < -0.39 is 11.8 Å². The smallest absolute Gasteiger partial charge is 0.337 e. The number of hydrogen-bond donors (Lipinski definition) is 2. The lowest BCUT2D eigenvalue weighted by Gasteiger charge is -2.16. The summed E-state index contributed by atoms with van der Waals surface area (Å²) in [4.78, 5) is 11.1. The second kappa shape index (κ2) is 10.9. The van der Waals surface area contributed by atoms with Crippen molar-refractivity contribution >= 4 is 50.8 Å². The van der Waals surface area contributed by atoms with Gasteiger partial charge in [-0.3, -0.25) is 0 Å². The lowest BCUT2D eigenvalue weighted by atomic mass is 10.1. The van der Waals surface area contributed by atoms with Gasteiger partial charge in [0.25, 0.3) is 0 Å². The molecule has 3 aromatic carbocycles. The minimum atomic E-state index is -1.09. The van der Waals surface area contributed by atoms with E-state index in [9.17, 15) is 9.18 Å². The summed E-state index contributed by atoms with van der Waals surface area (Å²) in [5.74, 6) is -0.587. The van der Waals surface area contributed by atoms with E-state index in [1.807, 2.05) is 13.0 Å². The summed E-state index contributed by atoms with van der Waals surface area (Å²) in [5.41, 5.74) is 1.83. The van der Waals surface area contributed by atoms with Crippen LogP contribution in [0.25, 0.3) is 0 Å². The molecule has 0 radical (unpaired) electrons. The number of aromatic carboxylic acids is 1. The van der Waals surface area contributed by atoms with Crippen LogP contribution in [0.2, 0.25) is 10.0 Å². The third kappa shape index (κ3) is 5.85. The van der Waals surface area contributed by atoms with Crippen molar-refractivity contribution in [2.24, 2.45) is 0 Å². The zero-order valence-electron chi connectivity index (χ0n) is 16.9. The Bertz CT molecular complexity index is 1120. The molecule has 0 fully saturated rings. The molecular weight excluding hydrogens is 524 g/mol. The molecule has 0 aromatic heterocycles. The van der Waals surface area contributed by atoms with Crippen molar-refractivity contribution in [2.75, 3.05) is 11.9 Å². The molecule has 0 aliphatic heterocycles. The van der Waals surface area contributed by atoms with Crippen LogP contribution in [0.4, 0.5) is 10.1 Å². The van der Waals surface area contributed by atoms with Crippen molar-refractivity contribution in [1.82, 2.24) is 0 Å². The first kappa shape index (κ1) is 24.2. The molecule has 0 aliphatic rings. The molecule has 0 unspecified atom stereocenters. The van der Waals surface area contributed by atoms with Gasteiger partial charge in [-0.25, -0.2) is 9.18 Å². The van der Waals surface area contributed by atoms with Crippen LogP contribution in [0, 0.1) is 5.82 Å². The molecule has 0 bridgehead atoms. The predicted octanol–water partition coefficient (Wildman–Crippen LogP) is 7.18. The quantitative estimate of drug-likeness (QED) is 0.299. The summed E-state index contributed by atoms with van der Waals surface area (Å²) in [5, 5.41) is 12.7. The number of nitrogens with one attached hydrogen (secondary N) is 1. The highest BCUT2D eigenvalue weighted by molar-refractivity contribution is 9.10. The van der Waals surface area contributed by atoms with E-state index in [4.69, 9.17) is 37.8 Å². The van der Waals surface area contributed by atoms with Crippen LogP contribution in [0.15, 0.2) is 53.0 Å². The zero-order chi connectivity index (χ0) is 23.3. The maximum Gasteiger partial charge on any atom is 0.337 e. The van der Waals surface area contributed by atoms with Crippen LogP contribution < -0.4 is 14.8 Å². The average Bonchev–Trinajstić information content (AvgIpc) is 2.74. The van der Waals surface area contributed by atoms with Crippen molar-refractivity contribution in [3.63, 3.8) is 0 Å².